The summed E-state index contributed by atoms with van der Waals surface area (Å²) in [6, 6.07) is 6.15. The molecule has 0 aliphatic heterocycles. The number of carboxylic acids is 1. The van der Waals surface area contributed by atoms with Crippen molar-refractivity contribution < 1.29 is 28.2 Å². The van der Waals surface area contributed by atoms with Gasteiger partial charge in [-0.3, -0.25) is 0 Å². The van der Waals surface area contributed by atoms with Crippen molar-refractivity contribution in [1.29, 1.82) is 0 Å². The van der Waals surface area contributed by atoms with E-state index in [1.54, 1.807) is 12.1 Å². The Morgan fingerprint density at radius 3 is 2.05 bits per heavy atom. The van der Waals surface area contributed by atoms with Gasteiger partial charge in [0.05, 0.1) is 5.56 Å². The third-order valence-electron chi connectivity index (χ3n) is 3.35. The summed E-state index contributed by atoms with van der Waals surface area (Å²) in [5, 5.41) is 8.72. The lowest BCUT2D eigenvalue weighted by molar-refractivity contribution is -0.210. The van der Waals surface area contributed by atoms with Crippen LogP contribution in [-0.2, 0) is 9.53 Å². The van der Waals surface area contributed by atoms with Crippen LogP contribution >= 0.6 is 22.6 Å². The Balaban J connectivity index is 3.11. The van der Waals surface area contributed by atoms with E-state index in [0.29, 0.717) is 0 Å². The number of hydrogen-bond donors (Lipinski definition) is 1. The predicted octanol–water partition coefficient (Wildman–Crippen LogP) is 3.73. The van der Waals surface area contributed by atoms with Gasteiger partial charge in [0, 0.05) is 3.57 Å². The number of carbonyl (C=O) groups is 2. The summed E-state index contributed by atoms with van der Waals surface area (Å²) in [6.07, 6.45) is -0.613. The zero-order chi connectivity index (χ0) is 16.3. The van der Waals surface area contributed by atoms with Gasteiger partial charge in [0.25, 0.3) is 0 Å². The van der Waals surface area contributed by atoms with Crippen molar-refractivity contribution in [3.63, 3.8) is 0 Å². The normalized spacial score (nSPS) is 12.0. The Bertz CT molecular complexity index is 524. The van der Waals surface area contributed by atoms with Gasteiger partial charge >= 0.3 is 17.9 Å². The van der Waals surface area contributed by atoms with E-state index in [1.165, 1.54) is 26.0 Å². The van der Waals surface area contributed by atoms with Gasteiger partial charge in [-0.05, 0) is 59.7 Å². The lowest BCUT2D eigenvalue weighted by Gasteiger charge is -2.35. The number of alkyl halides is 2. The summed E-state index contributed by atoms with van der Waals surface area (Å²) in [6.45, 7) is 2.73. The molecule has 0 fully saturated rings. The summed E-state index contributed by atoms with van der Waals surface area (Å²) in [4.78, 5) is 22.8. The number of rotatable bonds is 6. The van der Waals surface area contributed by atoms with Gasteiger partial charge in [0.1, 0.15) is 0 Å². The first kappa shape index (κ1) is 17.8. The van der Waals surface area contributed by atoms with E-state index in [-0.39, 0.29) is 18.4 Å². The van der Waals surface area contributed by atoms with Crippen LogP contribution in [-0.4, -0.2) is 28.6 Å². The molecular formula is C14H15F2IO4. The second-order valence-electron chi connectivity index (χ2n) is 4.48. The lowest BCUT2D eigenvalue weighted by atomic mass is 9.89. The van der Waals surface area contributed by atoms with E-state index in [2.05, 4.69) is 0 Å². The molecule has 0 atom stereocenters. The molecule has 1 aromatic rings. The highest BCUT2D eigenvalue weighted by atomic mass is 127. The van der Waals surface area contributed by atoms with Crippen molar-refractivity contribution in [3.05, 3.63) is 33.4 Å². The van der Waals surface area contributed by atoms with E-state index in [1.807, 2.05) is 22.6 Å². The maximum atomic E-state index is 13.9. The molecule has 0 aliphatic carbocycles. The second-order valence-corrected chi connectivity index (χ2v) is 5.72. The molecule has 0 aliphatic rings. The van der Waals surface area contributed by atoms with Gasteiger partial charge in [0.15, 0.2) is 5.60 Å². The molecule has 0 saturated carbocycles. The molecule has 0 aromatic heterocycles. The van der Waals surface area contributed by atoms with Gasteiger partial charge in [-0.2, -0.15) is 8.78 Å². The van der Waals surface area contributed by atoms with Gasteiger partial charge in [-0.25, -0.2) is 9.59 Å². The van der Waals surface area contributed by atoms with Crippen molar-refractivity contribution in [1.82, 2.24) is 0 Å². The first-order valence-corrected chi connectivity index (χ1v) is 7.38. The Labute approximate surface area is 134 Å². The first-order chi connectivity index (χ1) is 9.70. The topological polar surface area (TPSA) is 63.6 Å². The Kier molecular flexibility index (Phi) is 5.66. The first-order valence-electron chi connectivity index (χ1n) is 6.30. The zero-order valence-corrected chi connectivity index (χ0v) is 13.7. The SMILES string of the molecule is CCC(CC)(OC(=O)c1ccc(I)cc1)C(F)(F)C(=O)O. The van der Waals surface area contributed by atoms with Crippen LogP contribution in [0.2, 0.25) is 0 Å². The summed E-state index contributed by atoms with van der Waals surface area (Å²) < 4.78 is 33.6. The van der Waals surface area contributed by atoms with E-state index in [9.17, 15) is 18.4 Å². The van der Waals surface area contributed by atoms with Crippen molar-refractivity contribution in [2.24, 2.45) is 0 Å². The summed E-state index contributed by atoms with van der Waals surface area (Å²) in [5.41, 5.74) is -2.26. The monoisotopic (exact) mass is 412 g/mol. The summed E-state index contributed by atoms with van der Waals surface area (Å²) in [7, 11) is 0. The highest BCUT2D eigenvalue weighted by molar-refractivity contribution is 14.1. The highest BCUT2D eigenvalue weighted by Crippen LogP contribution is 2.39. The maximum Gasteiger partial charge on any atom is 0.381 e. The third kappa shape index (κ3) is 3.50. The number of carbonyl (C=O) groups excluding carboxylic acids is 1. The van der Waals surface area contributed by atoms with E-state index < -0.39 is 23.5 Å². The summed E-state index contributed by atoms with van der Waals surface area (Å²) >= 11 is 2.03. The molecule has 0 radical (unpaired) electrons. The van der Waals surface area contributed by atoms with Crippen LogP contribution in [0, 0.1) is 3.57 Å². The fourth-order valence-electron chi connectivity index (χ4n) is 1.92. The van der Waals surface area contributed by atoms with Crippen molar-refractivity contribution in [3.8, 4) is 0 Å². The number of halogens is 3. The fourth-order valence-corrected chi connectivity index (χ4v) is 2.28. The van der Waals surface area contributed by atoms with Crippen LogP contribution in [0.25, 0.3) is 0 Å². The second kappa shape index (κ2) is 6.67. The van der Waals surface area contributed by atoms with E-state index in [0.717, 1.165) is 3.57 Å². The molecular weight excluding hydrogens is 397 g/mol. The van der Waals surface area contributed by atoms with Crippen LogP contribution in [0.5, 0.6) is 0 Å². The van der Waals surface area contributed by atoms with Crippen molar-refractivity contribution in [2.75, 3.05) is 0 Å². The molecule has 7 heteroatoms. The van der Waals surface area contributed by atoms with Gasteiger partial charge in [-0.15, -0.1) is 0 Å². The number of hydrogen-bond acceptors (Lipinski definition) is 3. The molecule has 0 saturated heterocycles. The smallest absolute Gasteiger partial charge is 0.381 e. The average molecular weight is 412 g/mol. The number of aliphatic carboxylic acids is 1. The van der Waals surface area contributed by atoms with Crippen molar-refractivity contribution in [2.45, 2.75) is 38.2 Å². The molecule has 21 heavy (non-hydrogen) atoms. The van der Waals surface area contributed by atoms with E-state index >= 15 is 0 Å². The van der Waals surface area contributed by atoms with Crippen LogP contribution in [0.3, 0.4) is 0 Å². The van der Waals surface area contributed by atoms with Gasteiger partial charge in [-0.1, -0.05) is 13.8 Å². The fraction of sp³-hybridized carbons (Fsp3) is 0.429. The van der Waals surface area contributed by atoms with Crippen LogP contribution in [0.1, 0.15) is 37.0 Å². The largest absolute Gasteiger partial charge is 0.477 e. The predicted molar refractivity (Wildman–Crippen MR) is 80.5 cm³/mol. The summed E-state index contributed by atoms with van der Waals surface area (Å²) in [5.74, 6) is -7.42. The lowest BCUT2D eigenvalue weighted by Crippen LogP contribution is -2.55. The maximum absolute atomic E-state index is 13.9. The van der Waals surface area contributed by atoms with Crippen LogP contribution in [0.15, 0.2) is 24.3 Å². The molecule has 4 nitrogen and oxygen atoms in total. The molecule has 1 rings (SSSR count). The molecule has 1 aromatic carbocycles. The quantitative estimate of drug-likeness (QED) is 0.572. The van der Waals surface area contributed by atoms with Crippen molar-refractivity contribution >= 4 is 34.5 Å². The Morgan fingerprint density at radius 1 is 1.19 bits per heavy atom. The van der Waals surface area contributed by atoms with E-state index in [4.69, 9.17) is 9.84 Å². The molecule has 0 amide bonds. The average Bonchev–Trinajstić information content (AvgIpc) is 2.44. The molecule has 116 valence electrons. The van der Waals surface area contributed by atoms with Gasteiger partial charge in [0.2, 0.25) is 0 Å². The molecule has 0 bridgehead atoms. The number of esters is 1. The molecule has 1 N–H and O–H groups in total. The Hall–Kier alpha value is -1.25. The third-order valence-corrected chi connectivity index (χ3v) is 4.07. The standard InChI is InChI=1S/C14H15F2IO4/c1-3-13(4-2,14(15,16)12(19)20)21-11(18)9-5-7-10(17)8-6-9/h5-8H,3-4H2,1-2H3,(H,19,20). The number of carboxylic acid groups (broad SMARTS) is 1. The minimum atomic E-state index is -4.16. The van der Waals surface area contributed by atoms with Crippen LogP contribution in [0.4, 0.5) is 8.78 Å². The minimum absolute atomic E-state index is 0.0999. The highest BCUT2D eigenvalue weighted by Gasteiger charge is 2.60. The van der Waals surface area contributed by atoms with Gasteiger partial charge < -0.3 is 9.84 Å². The molecule has 0 unspecified atom stereocenters. The molecule has 0 spiro atoms. The minimum Gasteiger partial charge on any atom is -0.477 e. The zero-order valence-electron chi connectivity index (χ0n) is 11.5. The Morgan fingerprint density at radius 2 is 1.67 bits per heavy atom. The number of benzene rings is 1. The molecule has 0 heterocycles. The van der Waals surface area contributed by atoms with Crippen LogP contribution < -0.4 is 0 Å². The number of ether oxygens (including phenoxy) is 1.